The lowest BCUT2D eigenvalue weighted by Crippen LogP contribution is -2.11. The first-order chi connectivity index (χ1) is 5.57. The van der Waals surface area contributed by atoms with Crippen LogP contribution in [-0.4, -0.2) is 17.0 Å². The maximum Gasteiger partial charge on any atom is 0.331 e. The highest BCUT2D eigenvalue weighted by molar-refractivity contribution is 5.96. The second-order valence-electron chi connectivity index (χ2n) is 2.48. The van der Waals surface area contributed by atoms with Gasteiger partial charge in [0, 0.05) is 11.6 Å². The summed E-state index contributed by atoms with van der Waals surface area (Å²) >= 11 is 0. The molecule has 0 atom stereocenters. The van der Waals surface area contributed by atoms with Crippen molar-refractivity contribution in [3.63, 3.8) is 0 Å². The van der Waals surface area contributed by atoms with Gasteiger partial charge in [0.2, 0.25) is 5.91 Å². The minimum absolute atomic E-state index is 0.0874. The fraction of sp³-hybridized carbons (Fsp3) is 0.500. The van der Waals surface area contributed by atoms with Crippen molar-refractivity contribution in [3.8, 4) is 0 Å². The van der Waals surface area contributed by atoms with Crippen molar-refractivity contribution >= 4 is 11.9 Å². The molecule has 0 aromatic carbocycles. The topological polar surface area (TPSA) is 80.4 Å². The van der Waals surface area contributed by atoms with Crippen LogP contribution in [0.15, 0.2) is 11.6 Å². The molecule has 0 aromatic heterocycles. The fourth-order valence-electron chi connectivity index (χ4n) is 0.780. The highest BCUT2D eigenvalue weighted by Crippen LogP contribution is 2.06. The molecule has 4 heteroatoms. The average molecular weight is 171 g/mol. The van der Waals surface area contributed by atoms with Crippen LogP contribution >= 0.6 is 0 Å². The summed E-state index contributed by atoms with van der Waals surface area (Å²) in [5, 5.41) is 8.57. The van der Waals surface area contributed by atoms with Gasteiger partial charge in [0.25, 0.3) is 0 Å². The molecule has 1 amide bonds. The van der Waals surface area contributed by atoms with Crippen molar-refractivity contribution in [2.75, 3.05) is 0 Å². The van der Waals surface area contributed by atoms with Gasteiger partial charge < -0.3 is 10.8 Å². The first-order valence-corrected chi connectivity index (χ1v) is 3.81. The molecule has 3 N–H and O–H groups in total. The number of rotatable bonds is 5. The van der Waals surface area contributed by atoms with E-state index in [1.807, 2.05) is 6.92 Å². The van der Waals surface area contributed by atoms with E-state index in [1.165, 1.54) is 0 Å². The second-order valence-corrected chi connectivity index (χ2v) is 2.48. The molecular weight excluding hydrogens is 158 g/mol. The van der Waals surface area contributed by atoms with Crippen LogP contribution in [0.25, 0.3) is 0 Å². The predicted molar refractivity (Wildman–Crippen MR) is 44.4 cm³/mol. The van der Waals surface area contributed by atoms with Gasteiger partial charge in [-0.3, -0.25) is 4.79 Å². The number of unbranched alkanes of at least 4 members (excludes halogenated alkanes) is 1. The summed E-state index contributed by atoms with van der Waals surface area (Å²) in [6, 6.07) is 0. The Morgan fingerprint density at radius 2 is 2.08 bits per heavy atom. The number of carboxylic acids is 1. The smallest absolute Gasteiger partial charge is 0.331 e. The van der Waals surface area contributed by atoms with E-state index >= 15 is 0 Å². The molecule has 68 valence electrons. The van der Waals surface area contributed by atoms with E-state index in [4.69, 9.17) is 10.8 Å². The van der Waals surface area contributed by atoms with Gasteiger partial charge in [-0.2, -0.15) is 0 Å². The second kappa shape index (κ2) is 5.35. The molecule has 0 heterocycles. The average Bonchev–Trinajstić information content (AvgIpc) is 1.96. The first kappa shape index (κ1) is 10.7. The predicted octanol–water partition coefficient (Wildman–Crippen LogP) is 0.673. The summed E-state index contributed by atoms with van der Waals surface area (Å²) in [7, 11) is 0. The van der Waals surface area contributed by atoms with Crippen molar-refractivity contribution in [1.29, 1.82) is 0 Å². The normalized spacial score (nSPS) is 11.2. The zero-order valence-electron chi connectivity index (χ0n) is 7.04. The Hall–Kier alpha value is -1.32. The van der Waals surface area contributed by atoms with Gasteiger partial charge in [-0.1, -0.05) is 13.3 Å². The molecule has 0 saturated heterocycles. The van der Waals surface area contributed by atoms with Crippen LogP contribution in [0.5, 0.6) is 0 Å². The zero-order valence-corrected chi connectivity index (χ0v) is 7.04. The van der Waals surface area contributed by atoms with Crippen molar-refractivity contribution < 1.29 is 14.7 Å². The van der Waals surface area contributed by atoms with Crippen molar-refractivity contribution in [1.82, 2.24) is 0 Å². The van der Waals surface area contributed by atoms with Gasteiger partial charge in [-0.05, 0) is 12.8 Å². The number of nitrogens with two attached hydrogens (primary N) is 1. The van der Waals surface area contributed by atoms with Crippen LogP contribution in [0.2, 0.25) is 0 Å². The third-order valence-corrected chi connectivity index (χ3v) is 1.39. The Labute approximate surface area is 71.1 Å². The SMILES string of the molecule is CCCC/C(=C/C(N)=O)C(=O)O. The third kappa shape index (κ3) is 4.49. The number of aliphatic carboxylic acids is 1. The molecule has 0 aliphatic carbocycles. The molecule has 0 aliphatic rings. The number of carbonyl (C=O) groups excluding carboxylic acids is 1. The molecular formula is C8H13NO3. The Balaban J connectivity index is 4.23. The minimum Gasteiger partial charge on any atom is -0.478 e. The Morgan fingerprint density at radius 1 is 1.50 bits per heavy atom. The molecule has 4 nitrogen and oxygen atoms in total. The molecule has 0 bridgehead atoms. The largest absolute Gasteiger partial charge is 0.478 e. The molecule has 0 radical (unpaired) electrons. The quantitative estimate of drug-likeness (QED) is 0.596. The molecule has 0 aliphatic heterocycles. The van der Waals surface area contributed by atoms with Gasteiger partial charge in [0.05, 0.1) is 0 Å². The van der Waals surface area contributed by atoms with E-state index in [-0.39, 0.29) is 5.57 Å². The lowest BCUT2D eigenvalue weighted by Gasteiger charge is -1.98. The van der Waals surface area contributed by atoms with Crippen LogP contribution in [0.4, 0.5) is 0 Å². The van der Waals surface area contributed by atoms with Crippen molar-refractivity contribution in [2.24, 2.45) is 5.73 Å². The number of carboxylic acid groups (broad SMARTS) is 1. The van der Waals surface area contributed by atoms with E-state index in [0.717, 1.165) is 18.9 Å². The maximum absolute atomic E-state index is 10.5. The van der Waals surface area contributed by atoms with Crippen LogP contribution in [0, 0.1) is 0 Å². The van der Waals surface area contributed by atoms with Gasteiger partial charge in [-0.15, -0.1) is 0 Å². The van der Waals surface area contributed by atoms with E-state index < -0.39 is 11.9 Å². The zero-order chi connectivity index (χ0) is 9.56. The number of carbonyl (C=O) groups is 2. The molecule has 0 aromatic rings. The maximum atomic E-state index is 10.5. The summed E-state index contributed by atoms with van der Waals surface area (Å²) in [5.41, 5.74) is 4.91. The van der Waals surface area contributed by atoms with Crippen molar-refractivity contribution in [3.05, 3.63) is 11.6 Å². The lowest BCUT2D eigenvalue weighted by molar-refractivity contribution is -0.133. The molecule has 0 unspecified atom stereocenters. The molecule has 0 saturated carbocycles. The van der Waals surface area contributed by atoms with Gasteiger partial charge in [0.15, 0.2) is 0 Å². The Morgan fingerprint density at radius 3 is 2.42 bits per heavy atom. The van der Waals surface area contributed by atoms with E-state index in [1.54, 1.807) is 0 Å². The summed E-state index contributed by atoms with van der Waals surface area (Å²) in [4.78, 5) is 20.8. The van der Waals surface area contributed by atoms with Gasteiger partial charge in [-0.25, -0.2) is 4.79 Å². The molecule has 0 spiro atoms. The number of hydrogen-bond donors (Lipinski definition) is 2. The Bertz CT molecular complexity index is 208. The number of primary amides is 1. The van der Waals surface area contributed by atoms with Gasteiger partial charge in [0.1, 0.15) is 0 Å². The summed E-state index contributed by atoms with van der Waals surface area (Å²) < 4.78 is 0. The lowest BCUT2D eigenvalue weighted by atomic mass is 10.1. The number of hydrogen-bond acceptors (Lipinski definition) is 2. The van der Waals surface area contributed by atoms with E-state index in [2.05, 4.69) is 0 Å². The molecule has 0 rings (SSSR count). The molecule has 0 fully saturated rings. The first-order valence-electron chi connectivity index (χ1n) is 3.81. The van der Waals surface area contributed by atoms with E-state index in [0.29, 0.717) is 6.42 Å². The standard InChI is InChI=1S/C8H13NO3/c1-2-3-4-6(8(11)12)5-7(9)10/h5H,2-4H2,1H3,(H2,9,10)(H,11,12)/b6-5-. The highest BCUT2D eigenvalue weighted by atomic mass is 16.4. The Kier molecular flexibility index (Phi) is 4.76. The molecule has 12 heavy (non-hydrogen) atoms. The van der Waals surface area contributed by atoms with Crippen LogP contribution in [-0.2, 0) is 9.59 Å². The highest BCUT2D eigenvalue weighted by Gasteiger charge is 2.07. The van der Waals surface area contributed by atoms with Crippen molar-refractivity contribution in [2.45, 2.75) is 26.2 Å². The minimum atomic E-state index is -1.07. The monoisotopic (exact) mass is 171 g/mol. The third-order valence-electron chi connectivity index (χ3n) is 1.39. The fourth-order valence-corrected chi connectivity index (χ4v) is 0.780. The summed E-state index contributed by atoms with van der Waals surface area (Å²) in [6.45, 7) is 1.95. The van der Waals surface area contributed by atoms with Crippen LogP contribution in [0.1, 0.15) is 26.2 Å². The number of amides is 1. The van der Waals surface area contributed by atoms with E-state index in [9.17, 15) is 9.59 Å². The van der Waals surface area contributed by atoms with Crippen LogP contribution < -0.4 is 5.73 Å². The van der Waals surface area contributed by atoms with Gasteiger partial charge >= 0.3 is 5.97 Å². The summed E-state index contributed by atoms with van der Waals surface area (Å²) in [5.74, 6) is -1.77. The summed E-state index contributed by atoms with van der Waals surface area (Å²) in [6.07, 6.45) is 3.02. The van der Waals surface area contributed by atoms with Crippen LogP contribution in [0.3, 0.4) is 0 Å².